The molecule has 0 aliphatic heterocycles. The molecule has 0 aliphatic rings. The van der Waals surface area contributed by atoms with Gasteiger partial charge >= 0.3 is 0 Å². The van der Waals surface area contributed by atoms with E-state index in [1.54, 1.807) is 0 Å². The van der Waals surface area contributed by atoms with Gasteiger partial charge in [0.25, 0.3) is 0 Å². The summed E-state index contributed by atoms with van der Waals surface area (Å²) in [5.41, 5.74) is 0. The van der Waals surface area contributed by atoms with E-state index in [0.717, 1.165) is 0 Å². The summed E-state index contributed by atoms with van der Waals surface area (Å²) in [6, 6.07) is 0. The summed E-state index contributed by atoms with van der Waals surface area (Å²) in [5, 5.41) is 25.5. The van der Waals surface area contributed by atoms with Crippen molar-refractivity contribution >= 4 is 11.9 Å². The molecule has 0 radical (unpaired) electrons. The summed E-state index contributed by atoms with van der Waals surface area (Å²) in [6.45, 7) is 0. The molecule has 0 heterocycles. The number of carboxylic acids is 1. The minimum atomic E-state index is -1.29. The number of carbonyl (C=O) groups excluding carboxylic acids is 1. The van der Waals surface area contributed by atoms with E-state index in [9.17, 15) is 15.0 Å². The Morgan fingerprint density at radius 2 is 1.88 bits per heavy atom. The van der Waals surface area contributed by atoms with Crippen LogP contribution in [-0.4, -0.2) is 11.9 Å². The number of hydrogen-bond acceptors (Lipinski definition) is 4. The second kappa shape index (κ2) is 3.01. The van der Waals surface area contributed by atoms with E-state index < -0.39 is 11.9 Å². The maximum absolute atomic E-state index is 9.72. The van der Waals surface area contributed by atoms with E-state index in [1.807, 2.05) is 0 Å². The van der Waals surface area contributed by atoms with Crippen LogP contribution < -0.4 is 10.2 Å². The predicted octanol–water partition coefficient (Wildman–Crippen LogP) is -2.15. The molecule has 0 amide bonds. The molecule has 0 saturated carbocycles. The minimum absolute atomic E-state index is 0.248. The van der Waals surface area contributed by atoms with Gasteiger partial charge in [-0.1, -0.05) is 0 Å². The highest BCUT2D eigenvalue weighted by molar-refractivity contribution is 5.74. The van der Waals surface area contributed by atoms with E-state index in [2.05, 4.69) is 0 Å². The average Bonchev–Trinajstić information content (AvgIpc) is 1.61. The number of carboxylic acid groups (broad SMARTS) is 1. The molecule has 1 N–H and O–H groups in total. The molecule has 46 valence electrons. The Labute approximate surface area is 46.3 Å². The molecule has 0 spiro atoms. The summed E-state index contributed by atoms with van der Waals surface area (Å²) in [5.74, 6) is -2.15. The van der Waals surface area contributed by atoms with Crippen molar-refractivity contribution in [3.05, 3.63) is 0 Å². The van der Waals surface area contributed by atoms with Crippen molar-refractivity contribution in [3.63, 3.8) is 0 Å². The Bertz CT molecular complexity index is 95.9. The lowest BCUT2D eigenvalue weighted by atomic mass is 10.3. The van der Waals surface area contributed by atoms with Crippen LogP contribution in [0, 0.1) is 5.41 Å². The van der Waals surface area contributed by atoms with Crippen LogP contribution >= 0.6 is 0 Å². The third-order valence-electron chi connectivity index (χ3n) is 0.556. The van der Waals surface area contributed by atoms with Crippen molar-refractivity contribution in [2.75, 3.05) is 0 Å². The van der Waals surface area contributed by atoms with Gasteiger partial charge in [0.2, 0.25) is 0 Å². The van der Waals surface area contributed by atoms with Crippen molar-refractivity contribution in [2.24, 2.45) is 0 Å². The fraction of sp³-hybridized carbons (Fsp3) is 0.500. The van der Waals surface area contributed by atoms with Crippen molar-refractivity contribution in [1.29, 1.82) is 5.41 Å². The molecule has 0 unspecified atom stereocenters. The van der Waals surface area contributed by atoms with Crippen LogP contribution in [0.5, 0.6) is 0 Å². The zero-order valence-electron chi connectivity index (χ0n) is 4.14. The number of rotatable bonds is 3. The number of aliphatic carboxylic acids is 1. The zero-order valence-corrected chi connectivity index (χ0v) is 4.14. The van der Waals surface area contributed by atoms with Gasteiger partial charge in [0, 0.05) is 5.97 Å². The first-order valence-electron chi connectivity index (χ1n) is 2.07. The lowest BCUT2D eigenvalue weighted by molar-refractivity contribution is -0.306. The predicted molar refractivity (Wildman–Crippen MR) is 22.0 cm³/mol. The van der Waals surface area contributed by atoms with Crippen molar-refractivity contribution in [3.8, 4) is 0 Å². The van der Waals surface area contributed by atoms with E-state index in [1.165, 1.54) is 0 Å². The first-order chi connectivity index (χ1) is 3.63. The molecular weight excluding hydrogens is 110 g/mol. The lowest BCUT2D eigenvalue weighted by Crippen LogP contribution is -2.25. The monoisotopic (exact) mass is 115 g/mol. The highest BCUT2D eigenvalue weighted by Crippen LogP contribution is 1.82. The van der Waals surface area contributed by atoms with Crippen LogP contribution in [0.15, 0.2) is 0 Å². The topological polar surface area (TPSA) is 87.0 Å². The second-order valence-corrected chi connectivity index (χ2v) is 1.30. The molecule has 0 atom stereocenters. The summed E-state index contributed by atoms with van der Waals surface area (Å²) in [6.07, 6.45) is -0.593. The number of hydrogen-bond donors (Lipinski definition) is 1. The smallest absolute Gasteiger partial charge is 0.0417 e. The van der Waals surface area contributed by atoms with Gasteiger partial charge in [-0.2, -0.15) is 0 Å². The Morgan fingerprint density at radius 3 is 2.00 bits per heavy atom. The van der Waals surface area contributed by atoms with Gasteiger partial charge in [-0.3, -0.25) is 0 Å². The van der Waals surface area contributed by atoms with E-state index in [4.69, 9.17) is 5.41 Å². The molecule has 0 aromatic rings. The highest BCUT2D eigenvalue weighted by Gasteiger charge is 1.82. The first kappa shape index (κ1) is 6.94. The fourth-order valence-corrected chi connectivity index (χ4v) is 0.216. The van der Waals surface area contributed by atoms with E-state index >= 15 is 0 Å². The number of carbonyl (C=O) groups is 1. The van der Waals surface area contributed by atoms with Gasteiger partial charge in [-0.15, -0.1) is 0 Å². The Morgan fingerprint density at radius 1 is 1.38 bits per heavy atom. The molecule has 0 aromatic carbocycles. The summed E-state index contributed by atoms with van der Waals surface area (Å²) >= 11 is 0. The Kier molecular flexibility index (Phi) is 2.61. The van der Waals surface area contributed by atoms with Crippen molar-refractivity contribution < 1.29 is 15.0 Å². The largest absolute Gasteiger partial charge is 0.862 e. The molecule has 0 bridgehead atoms. The molecule has 4 nitrogen and oxygen atoms in total. The third kappa shape index (κ3) is 4.94. The quantitative estimate of drug-likeness (QED) is 0.336. The van der Waals surface area contributed by atoms with Crippen LogP contribution in [0.2, 0.25) is 0 Å². The molecule has 0 rings (SSSR count). The lowest BCUT2D eigenvalue weighted by Gasteiger charge is -2.05. The van der Waals surface area contributed by atoms with Gasteiger partial charge in [-0.25, -0.2) is 0 Å². The van der Waals surface area contributed by atoms with Gasteiger partial charge in [0.05, 0.1) is 0 Å². The summed E-state index contributed by atoms with van der Waals surface area (Å²) < 4.78 is 0. The Balaban J connectivity index is 3.18. The molecule has 4 heteroatoms. The minimum Gasteiger partial charge on any atom is -0.862 e. The van der Waals surface area contributed by atoms with Crippen LogP contribution in [0.4, 0.5) is 0 Å². The highest BCUT2D eigenvalue weighted by atomic mass is 16.4. The summed E-state index contributed by atoms with van der Waals surface area (Å²) in [4.78, 5) is 9.56. The van der Waals surface area contributed by atoms with Gasteiger partial charge < -0.3 is 20.4 Å². The van der Waals surface area contributed by atoms with E-state index in [-0.39, 0.29) is 12.8 Å². The maximum atomic E-state index is 9.72. The summed E-state index contributed by atoms with van der Waals surface area (Å²) in [7, 11) is 0. The SMILES string of the molecule is N=C([O-])CCC(=O)[O-]. The van der Waals surface area contributed by atoms with Crippen molar-refractivity contribution in [2.45, 2.75) is 12.8 Å². The fourth-order valence-electron chi connectivity index (χ4n) is 0.216. The second-order valence-electron chi connectivity index (χ2n) is 1.30. The standard InChI is InChI=1S/C4H7NO3/c5-3(6)1-2-4(7)8/h1-2H2,(H2,5,6)(H,7,8)/p-2. The van der Waals surface area contributed by atoms with Gasteiger partial charge in [0.15, 0.2) is 0 Å². The van der Waals surface area contributed by atoms with Crippen LogP contribution in [0.3, 0.4) is 0 Å². The molecule has 0 fully saturated rings. The average molecular weight is 115 g/mol. The molecule has 0 aliphatic carbocycles. The van der Waals surface area contributed by atoms with Crippen LogP contribution in [0.25, 0.3) is 0 Å². The van der Waals surface area contributed by atoms with Crippen LogP contribution in [-0.2, 0) is 4.79 Å². The van der Waals surface area contributed by atoms with E-state index in [0.29, 0.717) is 0 Å². The third-order valence-corrected chi connectivity index (χ3v) is 0.556. The molecule has 8 heavy (non-hydrogen) atoms. The molecule has 0 saturated heterocycles. The Hall–Kier alpha value is -1.06. The number of nitrogens with one attached hydrogen (secondary N) is 1. The first-order valence-corrected chi connectivity index (χ1v) is 2.07. The van der Waals surface area contributed by atoms with Gasteiger partial charge in [-0.05, 0) is 18.7 Å². The van der Waals surface area contributed by atoms with Crippen molar-refractivity contribution in [1.82, 2.24) is 0 Å². The zero-order chi connectivity index (χ0) is 6.57. The maximum Gasteiger partial charge on any atom is 0.0417 e. The van der Waals surface area contributed by atoms with Crippen LogP contribution in [0.1, 0.15) is 12.8 Å². The van der Waals surface area contributed by atoms with Gasteiger partial charge in [0.1, 0.15) is 0 Å². The molecular formula is C4H5NO3-2. The normalized spacial score (nSPS) is 8.50. The molecule has 0 aromatic heterocycles.